The lowest BCUT2D eigenvalue weighted by molar-refractivity contribution is -0.384. The van der Waals surface area contributed by atoms with E-state index >= 15 is 0 Å². The van der Waals surface area contributed by atoms with Gasteiger partial charge in [-0.1, -0.05) is 39.0 Å². The van der Waals surface area contributed by atoms with Crippen molar-refractivity contribution in [3.63, 3.8) is 0 Å². The minimum atomic E-state index is -0.440. The Bertz CT molecular complexity index is 883. The van der Waals surface area contributed by atoms with Crippen molar-refractivity contribution in [1.82, 2.24) is 0 Å². The zero-order valence-corrected chi connectivity index (χ0v) is 16.4. The Labute approximate surface area is 164 Å². The van der Waals surface area contributed by atoms with Gasteiger partial charge in [0.2, 0.25) is 0 Å². The summed E-state index contributed by atoms with van der Waals surface area (Å²) >= 11 is 0. The van der Waals surface area contributed by atoms with E-state index in [0.717, 1.165) is 5.56 Å². The normalized spacial score (nSPS) is 14.6. The summed E-state index contributed by atoms with van der Waals surface area (Å²) in [6.45, 7) is 8.45. The highest BCUT2D eigenvalue weighted by Gasteiger charge is 2.24. The fourth-order valence-electron chi connectivity index (χ4n) is 3.32. The summed E-state index contributed by atoms with van der Waals surface area (Å²) in [6.07, 6.45) is 0. The number of hydrogen-bond donors (Lipinski definition) is 1. The Kier molecular flexibility index (Phi) is 5.65. The number of para-hydroxylation sites is 1. The second-order valence-electron chi connectivity index (χ2n) is 7.81. The van der Waals surface area contributed by atoms with Crippen LogP contribution in [-0.4, -0.2) is 37.1 Å². The maximum atomic E-state index is 12.8. The van der Waals surface area contributed by atoms with Crippen LogP contribution in [0.2, 0.25) is 0 Å². The fourth-order valence-corrected chi connectivity index (χ4v) is 3.32. The topological polar surface area (TPSA) is 84.7 Å². The molecule has 7 nitrogen and oxygen atoms in total. The van der Waals surface area contributed by atoms with E-state index in [1.54, 1.807) is 12.1 Å². The highest BCUT2D eigenvalue weighted by Crippen LogP contribution is 2.32. The van der Waals surface area contributed by atoms with Gasteiger partial charge in [0.05, 0.1) is 18.1 Å². The first-order valence-electron chi connectivity index (χ1n) is 9.29. The molecule has 7 heteroatoms. The van der Waals surface area contributed by atoms with Crippen LogP contribution >= 0.6 is 0 Å². The zero-order chi connectivity index (χ0) is 20.3. The van der Waals surface area contributed by atoms with Crippen LogP contribution in [0.5, 0.6) is 0 Å². The van der Waals surface area contributed by atoms with Crippen LogP contribution < -0.4 is 10.2 Å². The average molecular weight is 383 g/mol. The van der Waals surface area contributed by atoms with Crippen LogP contribution in [0.3, 0.4) is 0 Å². The number of anilines is 2. The molecule has 28 heavy (non-hydrogen) atoms. The number of amides is 1. The average Bonchev–Trinajstić information content (AvgIpc) is 2.67. The number of ether oxygens (including phenoxy) is 1. The molecule has 0 aromatic heterocycles. The molecule has 2 aromatic carbocycles. The maximum absolute atomic E-state index is 12.8. The Hall–Kier alpha value is -2.93. The smallest absolute Gasteiger partial charge is 0.293 e. The number of nitrogens with one attached hydrogen (secondary N) is 1. The molecule has 1 aliphatic rings. The molecule has 1 fully saturated rings. The number of carbonyl (C=O) groups excluding carboxylic acids is 1. The molecule has 1 aliphatic heterocycles. The third kappa shape index (κ3) is 4.31. The minimum absolute atomic E-state index is 0.0707. The maximum Gasteiger partial charge on any atom is 0.293 e. The Morgan fingerprint density at radius 2 is 1.82 bits per heavy atom. The molecule has 3 rings (SSSR count). The molecular weight excluding hydrogens is 358 g/mol. The summed E-state index contributed by atoms with van der Waals surface area (Å²) in [5.41, 5.74) is 2.27. The summed E-state index contributed by atoms with van der Waals surface area (Å²) in [6, 6.07) is 12.2. The molecule has 0 atom stereocenters. The number of nitro groups is 1. The SMILES string of the molecule is CC(C)(C)c1ccccc1NC(=O)c1ccc(N2CCOCC2)c([N+](=O)[O-])c1. The number of benzene rings is 2. The van der Waals surface area contributed by atoms with Crippen LogP contribution in [0.25, 0.3) is 0 Å². The van der Waals surface area contributed by atoms with E-state index in [4.69, 9.17) is 4.74 Å². The first-order chi connectivity index (χ1) is 13.3. The lowest BCUT2D eigenvalue weighted by Gasteiger charge is -2.28. The van der Waals surface area contributed by atoms with E-state index in [9.17, 15) is 14.9 Å². The second kappa shape index (κ2) is 7.98. The van der Waals surface area contributed by atoms with Gasteiger partial charge in [0, 0.05) is 30.4 Å². The van der Waals surface area contributed by atoms with Gasteiger partial charge in [0.25, 0.3) is 11.6 Å². The Balaban J connectivity index is 1.89. The molecule has 0 unspecified atom stereocenters. The molecule has 2 aromatic rings. The summed E-state index contributed by atoms with van der Waals surface area (Å²) in [7, 11) is 0. The van der Waals surface area contributed by atoms with Gasteiger partial charge >= 0.3 is 0 Å². The Morgan fingerprint density at radius 1 is 1.14 bits per heavy atom. The standard InChI is InChI=1S/C21H25N3O4/c1-21(2,3)16-6-4-5-7-17(16)22-20(25)15-8-9-18(19(14-15)24(26)27)23-10-12-28-13-11-23/h4-9,14H,10-13H2,1-3H3,(H,22,25). The number of carbonyl (C=O) groups is 1. The minimum Gasteiger partial charge on any atom is -0.378 e. The van der Waals surface area contributed by atoms with Gasteiger partial charge in [-0.15, -0.1) is 0 Å². The molecule has 1 amide bonds. The van der Waals surface area contributed by atoms with E-state index in [0.29, 0.717) is 37.7 Å². The lowest BCUT2D eigenvalue weighted by atomic mass is 9.86. The second-order valence-corrected chi connectivity index (χ2v) is 7.81. The molecule has 148 valence electrons. The summed E-state index contributed by atoms with van der Waals surface area (Å²) in [5, 5.41) is 14.5. The molecular formula is C21H25N3O4. The lowest BCUT2D eigenvalue weighted by Crippen LogP contribution is -2.36. The van der Waals surface area contributed by atoms with Gasteiger partial charge in [0.1, 0.15) is 5.69 Å². The van der Waals surface area contributed by atoms with Crippen LogP contribution in [0.15, 0.2) is 42.5 Å². The largest absolute Gasteiger partial charge is 0.378 e. The van der Waals surface area contributed by atoms with Crippen molar-refractivity contribution in [2.45, 2.75) is 26.2 Å². The molecule has 0 spiro atoms. The molecule has 0 saturated carbocycles. The van der Waals surface area contributed by atoms with E-state index in [1.165, 1.54) is 6.07 Å². The first kappa shape index (κ1) is 19.8. The van der Waals surface area contributed by atoms with Gasteiger partial charge in [-0.2, -0.15) is 0 Å². The van der Waals surface area contributed by atoms with Gasteiger partial charge in [-0.3, -0.25) is 14.9 Å². The van der Waals surface area contributed by atoms with Crippen LogP contribution in [-0.2, 0) is 10.2 Å². The van der Waals surface area contributed by atoms with Crippen LogP contribution in [0, 0.1) is 10.1 Å². The quantitative estimate of drug-likeness (QED) is 0.638. The van der Waals surface area contributed by atoms with Crippen LogP contribution in [0.4, 0.5) is 17.1 Å². The van der Waals surface area contributed by atoms with Gasteiger partial charge in [-0.25, -0.2) is 0 Å². The Morgan fingerprint density at radius 3 is 2.46 bits per heavy atom. The van der Waals surface area contributed by atoms with E-state index in [2.05, 4.69) is 26.1 Å². The number of nitrogens with zero attached hydrogens (tertiary/aromatic N) is 2. The van der Waals surface area contributed by atoms with Gasteiger partial charge in [0.15, 0.2) is 0 Å². The monoisotopic (exact) mass is 383 g/mol. The first-order valence-corrected chi connectivity index (χ1v) is 9.29. The van der Waals surface area contributed by atoms with Crippen molar-refractivity contribution in [3.05, 3.63) is 63.7 Å². The van der Waals surface area contributed by atoms with Crippen molar-refractivity contribution < 1.29 is 14.5 Å². The number of hydrogen-bond acceptors (Lipinski definition) is 5. The van der Waals surface area contributed by atoms with Gasteiger partial charge in [-0.05, 0) is 29.2 Å². The third-order valence-electron chi connectivity index (χ3n) is 4.77. The summed E-state index contributed by atoms with van der Waals surface area (Å²) in [5.74, 6) is -0.367. The van der Waals surface area contributed by atoms with Crippen molar-refractivity contribution in [2.75, 3.05) is 36.5 Å². The molecule has 1 saturated heterocycles. The predicted octanol–water partition coefficient (Wildman–Crippen LogP) is 3.98. The summed E-state index contributed by atoms with van der Waals surface area (Å²) in [4.78, 5) is 25.9. The van der Waals surface area contributed by atoms with E-state index in [-0.39, 0.29) is 22.6 Å². The van der Waals surface area contributed by atoms with Crippen molar-refractivity contribution in [1.29, 1.82) is 0 Å². The molecule has 0 radical (unpaired) electrons. The molecule has 1 N–H and O–H groups in total. The van der Waals surface area contributed by atoms with Crippen molar-refractivity contribution >= 4 is 23.0 Å². The number of morpholine rings is 1. The van der Waals surface area contributed by atoms with E-state index in [1.807, 2.05) is 29.2 Å². The van der Waals surface area contributed by atoms with Crippen molar-refractivity contribution in [3.8, 4) is 0 Å². The zero-order valence-electron chi connectivity index (χ0n) is 16.4. The molecule has 1 heterocycles. The van der Waals surface area contributed by atoms with Crippen LogP contribution in [0.1, 0.15) is 36.7 Å². The summed E-state index contributed by atoms with van der Waals surface area (Å²) < 4.78 is 5.31. The highest BCUT2D eigenvalue weighted by molar-refractivity contribution is 6.05. The number of nitro benzene ring substituents is 1. The van der Waals surface area contributed by atoms with E-state index < -0.39 is 4.92 Å². The highest BCUT2D eigenvalue weighted by atomic mass is 16.6. The number of rotatable bonds is 4. The predicted molar refractivity (Wildman–Crippen MR) is 109 cm³/mol. The third-order valence-corrected chi connectivity index (χ3v) is 4.77. The molecule has 0 bridgehead atoms. The van der Waals surface area contributed by atoms with Gasteiger partial charge < -0.3 is 15.0 Å². The molecule has 0 aliphatic carbocycles. The fraction of sp³-hybridized carbons (Fsp3) is 0.381. The van der Waals surface area contributed by atoms with Crippen molar-refractivity contribution in [2.24, 2.45) is 0 Å².